The highest BCUT2D eigenvalue weighted by Gasteiger charge is 2.49. The van der Waals surface area contributed by atoms with E-state index in [0.717, 1.165) is 51.6 Å². The Morgan fingerprint density at radius 3 is 2.60 bits per heavy atom. The first-order valence-corrected chi connectivity index (χ1v) is 18.6. The SMILES string of the molecule is C#Cc1c(F)ccc2cc(O)cc(-c3nc(OC)c4c(N5CCCOCC5)nc(OC[C@]56CCCC5N(CC5COCCOC5)CCC6)nc4c3F)c12. The number of benzene rings is 2. The number of likely N-dealkylation sites (tertiary alicyclic amines) is 1. The summed E-state index contributed by atoms with van der Waals surface area (Å²) in [4.78, 5) is 18.9. The minimum atomic E-state index is -0.798. The van der Waals surface area contributed by atoms with Gasteiger partial charge in [0.1, 0.15) is 34.0 Å². The van der Waals surface area contributed by atoms with Crippen molar-refractivity contribution in [3.8, 4) is 41.2 Å². The highest BCUT2D eigenvalue weighted by atomic mass is 19.1. The Balaban J connectivity index is 1.21. The predicted molar refractivity (Wildman–Crippen MR) is 195 cm³/mol. The number of fused-ring (bicyclic) bond motifs is 3. The van der Waals surface area contributed by atoms with Crippen molar-refractivity contribution in [2.45, 2.75) is 44.6 Å². The van der Waals surface area contributed by atoms with Crippen molar-refractivity contribution >= 4 is 27.5 Å². The molecule has 1 aliphatic carbocycles. The molecule has 1 N–H and O–H groups in total. The van der Waals surface area contributed by atoms with Crippen LogP contribution in [-0.2, 0) is 14.2 Å². The number of phenolic OH excluding ortho intramolecular Hbond substituents is 1. The topological polar surface area (TPSA) is 112 Å². The van der Waals surface area contributed by atoms with Crippen molar-refractivity contribution in [1.29, 1.82) is 0 Å². The highest BCUT2D eigenvalue weighted by molar-refractivity contribution is 6.04. The summed E-state index contributed by atoms with van der Waals surface area (Å²) in [6, 6.07) is 5.86. The number of methoxy groups -OCH3 is 1. The van der Waals surface area contributed by atoms with Gasteiger partial charge < -0.3 is 33.7 Å². The van der Waals surface area contributed by atoms with Gasteiger partial charge in [0, 0.05) is 54.6 Å². The first kappa shape index (κ1) is 35.7. The molecule has 0 amide bonds. The molecule has 4 fully saturated rings. The number of halogens is 2. The van der Waals surface area contributed by atoms with Gasteiger partial charge >= 0.3 is 6.01 Å². The quantitative estimate of drug-likeness (QED) is 0.225. The van der Waals surface area contributed by atoms with Crippen molar-refractivity contribution in [2.75, 3.05) is 84.4 Å². The highest BCUT2D eigenvalue weighted by Crippen LogP contribution is 2.49. The molecule has 0 bridgehead atoms. The van der Waals surface area contributed by atoms with E-state index in [-0.39, 0.29) is 56.2 Å². The summed E-state index contributed by atoms with van der Waals surface area (Å²) in [6.07, 6.45) is 11.8. The van der Waals surface area contributed by atoms with Gasteiger partial charge in [-0.25, -0.2) is 13.8 Å². The minimum Gasteiger partial charge on any atom is -0.508 e. The van der Waals surface area contributed by atoms with E-state index in [1.807, 2.05) is 4.90 Å². The van der Waals surface area contributed by atoms with Crippen LogP contribution in [0.2, 0.25) is 0 Å². The van der Waals surface area contributed by atoms with Gasteiger partial charge in [0.15, 0.2) is 5.82 Å². The maximum atomic E-state index is 17.2. The fraction of sp³-hybridized carbons (Fsp3) is 0.525. The summed E-state index contributed by atoms with van der Waals surface area (Å²) in [5.41, 5.74) is -0.325. The average molecular weight is 730 g/mol. The van der Waals surface area contributed by atoms with Crippen LogP contribution in [-0.4, -0.2) is 111 Å². The van der Waals surface area contributed by atoms with E-state index in [2.05, 4.69) is 15.8 Å². The van der Waals surface area contributed by atoms with Gasteiger partial charge in [-0.05, 0) is 62.2 Å². The molecule has 0 radical (unpaired) electrons. The molecule has 2 aromatic carbocycles. The van der Waals surface area contributed by atoms with Gasteiger partial charge in [-0.1, -0.05) is 18.4 Å². The zero-order valence-corrected chi connectivity index (χ0v) is 30.0. The Kier molecular flexibility index (Phi) is 10.2. The molecule has 4 aliphatic rings. The average Bonchev–Trinajstić information content (AvgIpc) is 3.30. The molecule has 3 aliphatic heterocycles. The normalized spacial score (nSPS) is 23.1. The summed E-state index contributed by atoms with van der Waals surface area (Å²) in [5.74, 6) is 1.61. The van der Waals surface area contributed by atoms with Gasteiger partial charge in [0.25, 0.3) is 0 Å². The number of anilines is 1. The molecular formula is C40H45F2N5O6. The predicted octanol–water partition coefficient (Wildman–Crippen LogP) is 5.72. The Morgan fingerprint density at radius 2 is 1.79 bits per heavy atom. The van der Waals surface area contributed by atoms with Crippen LogP contribution in [0.25, 0.3) is 32.9 Å². The second-order valence-corrected chi connectivity index (χ2v) is 14.6. The van der Waals surface area contributed by atoms with Crippen LogP contribution >= 0.6 is 0 Å². The Bertz CT molecular complexity index is 2030. The molecular weight excluding hydrogens is 684 g/mol. The summed E-state index contributed by atoms with van der Waals surface area (Å²) < 4.78 is 62.0. The Hall–Kier alpha value is -4.35. The van der Waals surface area contributed by atoms with Crippen molar-refractivity contribution in [1.82, 2.24) is 19.9 Å². The smallest absolute Gasteiger partial charge is 0.319 e. The minimum absolute atomic E-state index is 0.0506. The summed E-state index contributed by atoms with van der Waals surface area (Å²) >= 11 is 0. The molecule has 8 rings (SSSR count). The van der Waals surface area contributed by atoms with E-state index in [0.29, 0.717) is 82.5 Å². The number of rotatable bonds is 8. The molecule has 53 heavy (non-hydrogen) atoms. The lowest BCUT2D eigenvalue weighted by molar-refractivity contribution is -0.0170. The molecule has 13 heteroatoms. The zero-order valence-electron chi connectivity index (χ0n) is 30.0. The van der Waals surface area contributed by atoms with Crippen LogP contribution in [0.15, 0.2) is 24.3 Å². The molecule has 2 atom stereocenters. The number of aromatic nitrogens is 3. The van der Waals surface area contributed by atoms with Crippen LogP contribution < -0.4 is 14.4 Å². The number of phenols is 1. The Morgan fingerprint density at radius 1 is 0.962 bits per heavy atom. The van der Waals surface area contributed by atoms with Crippen LogP contribution in [0.4, 0.5) is 14.6 Å². The lowest BCUT2D eigenvalue weighted by Crippen LogP contribution is -2.53. The molecule has 280 valence electrons. The number of terminal acetylenes is 1. The number of hydrogen-bond acceptors (Lipinski definition) is 11. The van der Waals surface area contributed by atoms with Crippen LogP contribution in [0.3, 0.4) is 0 Å². The first-order valence-electron chi connectivity index (χ1n) is 18.6. The van der Waals surface area contributed by atoms with Crippen molar-refractivity contribution < 1.29 is 37.6 Å². The lowest BCUT2D eigenvalue weighted by atomic mass is 9.75. The van der Waals surface area contributed by atoms with E-state index >= 15 is 8.78 Å². The van der Waals surface area contributed by atoms with Crippen LogP contribution in [0.5, 0.6) is 17.6 Å². The number of piperidine rings is 1. The second kappa shape index (κ2) is 15.2. The Labute approximate surface area is 307 Å². The number of nitrogens with zero attached hydrogens (tertiary/aromatic N) is 5. The third-order valence-electron chi connectivity index (χ3n) is 11.4. The number of aromatic hydroxyl groups is 1. The summed E-state index contributed by atoms with van der Waals surface area (Å²) in [6.45, 7) is 7.16. The fourth-order valence-corrected chi connectivity index (χ4v) is 8.98. The van der Waals surface area contributed by atoms with Crippen molar-refractivity contribution in [3.63, 3.8) is 0 Å². The van der Waals surface area contributed by atoms with Gasteiger partial charge in [0.05, 0.1) is 52.3 Å². The van der Waals surface area contributed by atoms with Crippen molar-refractivity contribution in [3.05, 3.63) is 41.5 Å². The fourth-order valence-electron chi connectivity index (χ4n) is 8.98. The van der Waals surface area contributed by atoms with E-state index in [1.165, 1.54) is 31.4 Å². The van der Waals surface area contributed by atoms with E-state index in [4.69, 9.17) is 40.1 Å². The largest absolute Gasteiger partial charge is 0.508 e. The lowest BCUT2D eigenvalue weighted by Gasteiger charge is -2.47. The van der Waals surface area contributed by atoms with E-state index in [1.54, 1.807) is 0 Å². The third kappa shape index (κ3) is 6.82. The van der Waals surface area contributed by atoms with Gasteiger partial charge in [-0.2, -0.15) is 9.97 Å². The molecule has 1 saturated carbocycles. The van der Waals surface area contributed by atoms with E-state index in [9.17, 15) is 5.11 Å². The maximum Gasteiger partial charge on any atom is 0.319 e. The number of pyridine rings is 1. The second-order valence-electron chi connectivity index (χ2n) is 14.6. The zero-order chi connectivity index (χ0) is 36.5. The number of ether oxygens (including phenoxy) is 5. The molecule has 4 aromatic rings. The monoisotopic (exact) mass is 729 g/mol. The standard InChI is InChI=1S/C40H45F2N5O6/c1-3-28-30(41)9-8-26-19-27(48)20-29(32(26)28)35-34(42)36-33(38(43-35)49-2)37(46-13-6-15-50-16-14-46)45-39(44-36)53-24-40-10-4-7-31(40)47(12-5-11-40)21-25-22-51-17-18-52-23-25/h1,8-9,19-20,25,31,48H,4-7,10-18,21-24H2,2H3/t31?,40-/m1/s1. The van der Waals surface area contributed by atoms with Gasteiger partial charge in [-0.15, -0.1) is 6.42 Å². The molecule has 2 aromatic heterocycles. The summed E-state index contributed by atoms with van der Waals surface area (Å²) in [5, 5.41) is 11.7. The van der Waals surface area contributed by atoms with Gasteiger partial charge in [0.2, 0.25) is 5.88 Å². The van der Waals surface area contributed by atoms with Crippen molar-refractivity contribution in [2.24, 2.45) is 11.3 Å². The van der Waals surface area contributed by atoms with Gasteiger partial charge in [-0.3, -0.25) is 4.90 Å². The molecule has 11 nitrogen and oxygen atoms in total. The molecule has 5 heterocycles. The summed E-state index contributed by atoms with van der Waals surface area (Å²) in [7, 11) is 1.44. The molecule has 3 saturated heterocycles. The van der Waals surface area contributed by atoms with E-state index < -0.39 is 11.6 Å². The maximum absolute atomic E-state index is 17.2. The van der Waals surface area contributed by atoms with Crippen LogP contribution in [0, 0.1) is 35.3 Å². The first-order chi connectivity index (χ1) is 25.9. The van der Waals surface area contributed by atoms with Crippen LogP contribution in [0.1, 0.15) is 44.1 Å². The number of hydrogen-bond donors (Lipinski definition) is 1. The molecule has 1 unspecified atom stereocenters. The third-order valence-corrected chi connectivity index (χ3v) is 11.4. The molecule has 0 spiro atoms.